The standard InChI is InChI=1S/C12H21NO4S/c14-11-3-1-2-10(11)7-13-12(15)6-9-4-5-18(16,17)8-9/h9-11,14H,1-8H2,(H,13,15). The molecule has 0 aromatic carbocycles. The Hall–Kier alpha value is -0.620. The summed E-state index contributed by atoms with van der Waals surface area (Å²) in [6.07, 6.45) is 3.39. The van der Waals surface area contributed by atoms with E-state index in [4.69, 9.17) is 0 Å². The second-order valence-electron chi connectivity index (χ2n) is 5.54. The van der Waals surface area contributed by atoms with Gasteiger partial charge in [-0.05, 0) is 25.2 Å². The van der Waals surface area contributed by atoms with E-state index >= 15 is 0 Å². The lowest BCUT2D eigenvalue weighted by Crippen LogP contribution is -2.33. The first-order valence-electron chi connectivity index (χ1n) is 6.61. The molecule has 2 rings (SSSR count). The van der Waals surface area contributed by atoms with E-state index in [0.29, 0.717) is 19.4 Å². The number of carbonyl (C=O) groups is 1. The molecular weight excluding hydrogens is 254 g/mol. The Bertz CT molecular complexity index is 406. The van der Waals surface area contributed by atoms with Crippen LogP contribution in [0.15, 0.2) is 0 Å². The van der Waals surface area contributed by atoms with Crippen LogP contribution >= 0.6 is 0 Å². The zero-order chi connectivity index (χ0) is 13.2. The molecule has 0 bridgehead atoms. The molecule has 1 heterocycles. The molecule has 6 heteroatoms. The Morgan fingerprint density at radius 2 is 2.06 bits per heavy atom. The van der Waals surface area contributed by atoms with Gasteiger partial charge in [-0.1, -0.05) is 6.42 Å². The summed E-state index contributed by atoms with van der Waals surface area (Å²) in [5, 5.41) is 12.4. The molecule has 0 radical (unpaired) electrons. The normalized spacial score (nSPS) is 34.6. The zero-order valence-corrected chi connectivity index (χ0v) is 11.3. The van der Waals surface area contributed by atoms with Crippen LogP contribution in [-0.2, 0) is 14.6 Å². The lowest BCUT2D eigenvalue weighted by Gasteiger charge is -2.15. The molecule has 18 heavy (non-hydrogen) atoms. The lowest BCUT2D eigenvalue weighted by molar-refractivity contribution is -0.122. The van der Waals surface area contributed by atoms with Gasteiger partial charge in [-0.3, -0.25) is 4.79 Å². The van der Waals surface area contributed by atoms with Crippen molar-refractivity contribution in [3.8, 4) is 0 Å². The Labute approximate surface area is 108 Å². The second-order valence-corrected chi connectivity index (χ2v) is 7.76. The van der Waals surface area contributed by atoms with Crippen LogP contribution in [0.1, 0.15) is 32.1 Å². The Kier molecular flexibility index (Phi) is 4.27. The van der Waals surface area contributed by atoms with E-state index in [1.54, 1.807) is 0 Å². The highest BCUT2D eigenvalue weighted by Crippen LogP contribution is 2.25. The van der Waals surface area contributed by atoms with Crippen molar-refractivity contribution in [3.05, 3.63) is 0 Å². The number of aliphatic hydroxyl groups is 1. The van der Waals surface area contributed by atoms with Crippen LogP contribution in [-0.4, -0.2) is 43.6 Å². The number of amides is 1. The number of hydrogen-bond acceptors (Lipinski definition) is 4. The molecule has 2 aliphatic rings. The quantitative estimate of drug-likeness (QED) is 0.761. The summed E-state index contributed by atoms with van der Waals surface area (Å²) in [6.45, 7) is 0.513. The molecule has 1 aliphatic carbocycles. The first-order valence-corrected chi connectivity index (χ1v) is 8.43. The van der Waals surface area contributed by atoms with Crippen molar-refractivity contribution in [2.45, 2.75) is 38.2 Å². The minimum absolute atomic E-state index is 0.0245. The number of aliphatic hydroxyl groups excluding tert-OH is 1. The van der Waals surface area contributed by atoms with Crippen molar-refractivity contribution in [1.29, 1.82) is 0 Å². The van der Waals surface area contributed by atoms with Gasteiger partial charge in [0, 0.05) is 18.9 Å². The number of hydrogen-bond donors (Lipinski definition) is 2. The molecule has 0 aromatic rings. The summed E-state index contributed by atoms with van der Waals surface area (Å²) in [5.41, 5.74) is 0. The van der Waals surface area contributed by atoms with Gasteiger partial charge in [-0.15, -0.1) is 0 Å². The van der Waals surface area contributed by atoms with E-state index in [2.05, 4.69) is 5.32 Å². The minimum Gasteiger partial charge on any atom is -0.393 e. The van der Waals surface area contributed by atoms with E-state index in [1.807, 2.05) is 0 Å². The van der Waals surface area contributed by atoms with Crippen molar-refractivity contribution in [3.63, 3.8) is 0 Å². The third kappa shape index (κ3) is 3.68. The summed E-state index contributed by atoms with van der Waals surface area (Å²) < 4.78 is 22.5. The van der Waals surface area contributed by atoms with Gasteiger partial charge in [0.1, 0.15) is 0 Å². The molecule has 1 saturated carbocycles. The predicted molar refractivity (Wildman–Crippen MR) is 67.7 cm³/mol. The first-order chi connectivity index (χ1) is 8.46. The first kappa shape index (κ1) is 13.8. The summed E-state index contributed by atoms with van der Waals surface area (Å²) in [6, 6.07) is 0. The predicted octanol–water partition coefficient (Wildman–Crippen LogP) is 0.0884. The average molecular weight is 275 g/mol. The molecule has 3 atom stereocenters. The summed E-state index contributed by atoms with van der Waals surface area (Å²) in [4.78, 5) is 11.7. The smallest absolute Gasteiger partial charge is 0.220 e. The molecule has 0 spiro atoms. The summed E-state index contributed by atoms with van der Waals surface area (Å²) in [5.74, 6) is 0.416. The lowest BCUT2D eigenvalue weighted by atomic mass is 10.0. The van der Waals surface area contributed by atoms with Gasteiger partial charge in [0.15, 0.2) is 9.84 Å². The van der Waals surface area contributed by atoms with Crippen molar-refractivity contribution < 1.29 is 18.3 Å². The van der Waals surface area contributed by atoms with Crippen LogP contribution in [0.25, 0.3) is 0 Å². The number of rotatable bonds is 4. The maximum atomic E-state index is 11.7. The fourth-order valence-electron chi connectivity index (χ4n) is 2.87. The molecule has 1 aliphatic heterocycles. The van der Waals surface area contributed by atoms with Crippen LogP contribution in [0.2, 0.25) is 0 Å². The molecule has 5 nitrogen and oxygen atoms in total. The average Bonchev–Trinajstić information content (AvgIpc) is 2.82. The maximum Gasteiger partial charge on any atom is 0.220 e. The molecule has 0 aromatic heterocycles. The Morgan fingerprint density at radius 3 is 2.61 bits per heavy atom. The largest absolute Gasteiger partial charge is 0.393 e. The molecule has 1 saturated heterocycles. The van der Waals surface area contributed by atoms with Gasteiger partial charge in [0.2, 0.25) is 5.91 Å². The fourth-order valence-corrected chi connectivity index (χ4v) is 4.73. The SMILES string of the molecule is O=C(CC1CCS(=O)(=O)C1)NCC1CCCC1O. The Balaban J connectivity index is 1.69. The van der Waals surface area contributed by atoms with Crippen LogP contribution in [0.4, 0.5) is 0 Å². The molecule has 2 N–H and O–H groups in total. The van der Waals surface area contributed by atoms with E-state index in [9.17, 15) is 18.3 Å². The molecule has 104 valence electrons. The number of carbonyl (C=O) groups excluding carboxylic acids is 1. The van der Waals surface area contributed by atoms with Crippen LogP contribution < -0.4 is 5.32 Å². The number of nitrogens with one attached hydrogen (secondary N) is 1. The highest BCUT2D eigenvalue weighted by Gasteiger charge is 2.30. The maximum absolute atomic E-state index is 11.7. The van der Waals surface area contributed by atoms with Crippen LogP contribution in [0.5, 0.6) is 0 Å². The van der Waals surface area contributed by atoms with Gasteiger partial charge in [0.05, 0.1) is 17.6 Å². The van der Waals surface area contributed by atoms with Gasteiger partial charge in [-0.25, -0.2) is 8.42 Å². The third-order valence-corrected chi connectivity index (χ3v) is 5.82. The van der Waals surface area contributed by atoms with E-state index in [-0.39, 0.29) is 35.4 Å². The molecule has 2 fully saturated rings. The Morgan fingerprint density at radius 1 is 1.28 bits per heavy atom. The highest BCUT2D eigenvalue weighted by atomic mass is 32.2. The zero-order valence-electron chi connectivity index (χ0n) is 10.5. The van der Waals surface area contributed by atoms with Crippen molar-refractivity contribution in [2.75, 3.05) is 18.1 Å². The van der Waals surface area contributed by atoms with Crippen molar-refractivity contribution in [2.24, 2.45) is 11.8 Å². The molecule has 3 unspecified atom stereocenters. The van der Waals surface area contributed by atoms with Crippen molar-refractivity contribution >= 4 is 15.7 Å². The van der Waals surface area contributed by atoms with Gasteiger partial charge >= 0.3 is 0 Å². The number of sulfone groups is 1. The topological polar surface area (TPSA) is 83.5 Å². The summed E-state index contributed by atoms with van der Waals surface area (Å²) >= 11 is 0. The third-order valence-electron chi connectivity index (χ3n) is 3.98. The second kappa shape index (κ2) is 5.57. The van der Waals surface area contributed by atoms with Gasteiger partial charge in [0.25, 0.3) is 0 Å². The summed E-state index contributed by atoms with van der Waals surface area (Å²) in [7, 11) is -2.90. The van der Waals surface area contributed by atoms with Crippen LogP contribution in [0.3, 0.4) is 0 Å². The van der Waals surface area contributed by atoms with Crippen LogP contribution in [0, 0.1) is 11.8 Å². The minimum atomic E-state index is -2.90. The van der Waals surface area contributed by atoms with Gasteiger partial charge < -0.3 is 10.4 Å². The fraction of sp³-hybridized carbons (Fsp3) is 0.917. The van der Waals surface area contributed by atoms with E-state index < -0.39 is 9.84 Å². The molecule has 1 amide bonds. The monoisotopic (exact) mass is 275 g/mol. The van der Waals surface area contributed by atoms with Crippen molar-refractivity contribution in [1.82, 2.24) is 5.32 Å². The highest BCUT2D eigenvalue weighted by molar-refractivity contribution is 7.91. The molecular formula is C12H21NO4S. The van der Waals surface area contributed by atoms with Gasteiger partial charge in [-0.2, -0.15) is 0 Å². The van der Waals surface area contributed by atoms with E-state index in [0.717, 1.165) is 19.3 Å². The van der Waals surface area contributed by atoms with E-state index in [1.165, 1.54) is 0 Å².